The molecule has 0 saturated carbocycles. The van der Waals surface area contributed by atoms with Gasteiger partial charge < -0.3 is 4.90 Å². The van der Waals surface area contributed by atoms with Gasteiger partial charge >= 0.3 is 0 Å². The third kappa shape index (κ3) is 2.50. The van der Waals surface area contributed by atoms with E-state index < -0.39 is 0 Å². The number of hydrogen-bond acceptors (Lipinski definition) is 1. The second kappa shape index (κ2) is 4.48. The van der Waals surface area contributed by atoms with Crippen molar-refractivity contribution < 1.29 is 4.79 Å². The highest BCUT2D eigenvalue weighted by molar-refractivity contribution is 5.77. The minimum atomic E-state index is 0.0926. The van der Waals surface area contributed by atoms with Gasteiger partial charge in [-0.15, -0.1) is 0 Å². The Hall–Kier alpha value is -0.530. The maximum absolute atomic E-state index is 11.1. The number of amides is 1. The zero-order valence-corrected chi connectivity index (χ0v) is 8.98. The highest BCUT2D eigenvalue weighted by atomic mass is 16.2. The van der Waals surface area contributed by atoms with E-state index in [0.29, 0.717) is 0 Å². The van der Waals surface area contributed by atoms with Gasteiger partial charge in [-0.2, -0.15) is 0 Å². The molecule has 0 N–H and O–H groups in total. The van der Waals surface area contributed by atoms with E-state index in [-0.39, 0.29) is 11.4 Å². The van der Waals surface area contributed by atoms with Crippen LogP contribution in [0.15, 0.2) is 0 Å². The summed E-state index contributed by atoms with van der Waals surface area (Å²) in [4.78, 5) is 13.0. The highest BCUT2D eigenvalue weighted by Gasteiger charge is 2.30. The van der Waals surface area contributed by atoms with E-state index in [0.717, 1.165) is 19.3 Å². The molecule has 0 aliphatic carbocycles. The fourth-order valence-electron chi connectivity index (χ4n) is 1.35. The second-order valence-corrected chi connectivity index (χ2v) is 3.62. The predicted molar refractivity (Wildman–Crippen MR) is 52.0 cm³/mol. The molecule has 1 heterocycles. The Morgan fingerprint density at radius 3 is 2.17 bits per heavy atom. The topological polar surface area (TPSA) is 20.3 Å². The Bertz CT molecular complexity index is 152. The summed E-state index contributed by atoms with van der Waals surface area (Å²) in [5.41, 5.74) is 0.0926. The molecular weight excluding hydrogens is 150 g/mol. The Balaban J connectivity index is 0.000000561. The lowest BCUT2D eigenvalue weighted by Gasteiger charge is -2.39. The van der Waals surface area contributed by atoms with Crippen LogP contribution >= 0.6 is 0 Å². The number of hydrogen-bond donors (Lipinski definition) is 0. The van der Waals surface area contributed by atoms with E-state index in [1.165, 1.54) is 0 Å². The number of piperidine rings is 1. The van der Waals surface area contributed by atoms with Crippen molar-refractivity contribution in [3.05, 3.63) is 0 Å². The first kappa shape index (κ1) is 11.5. The van der Waals surface area contributed by atoms with Crippen molar-refractivity contribution in [3.63, 3.8) is 0 Å². The molecule has 1 amide bonds. The van der Waals surface area contributed by atoms with Crippen LogP contribution in [0.4, 0.5) is 0 Å². The summed E-state index contributed by atoms with van der Waals surface area (Å²) in [6.07, 6.45) is 2.92. The molecule has 0 aromatic rings. The maximum atomic E-state index is 11.1. The SMILES string of the molecule is CC.CN1C(=O)CCCC1(C)C. The van der Waals surface area contributed by atoms with Crippen molar-refractivity contribution >= 4 is 5.91 Å². The molecule has 0 aromatic heterocycles. The average molecular weight is 171 g/mol. The fourth-order valence-corrected chi connectivity index (χ4v) is 1.35. The standard InChI is InChI=1S/C8H15NO.C2H6/c1-8(2)6-4-5-7(10)9(8)3;1-2/h4-6H2,1-3H3;1-2H3. The molecular formula is C10H21NO. The van der Waals surface area contributed by atoms with Crippen LogP contribution in [0.5, 0.6) is 0 Å². The zero-order valence-electron chi connectivity index (χ0n) is 8.98. The van der Waals surface area contributed by atoms with E-state index in [9.17, 15) is 4.79 Å². The van der Waals surface area contributed by atoms with E-state index in [1.54, 1.807) is 0 Å². The summed E-state index contributed by atoms with van der Waals surface area (Å²) in [6.45, 7) is 8.23. The molecule has 1 fully saturated rings. The molecule has 1 saturated heterocycles. The number of rotatable bonds is 0. The summed E-state index contributed by atoms with van der Waals surface area (Å²) < 4.78 is 0. The van der Waals surface area contributed by atoms with Crippen LogP contribution in [0.1, 0.15) is 47.0 Å². The molecule has 0 radical (unpaired) electrons. The summed E-state index contributed by atoms with van der Waals surface area (Å²) >= 11 is 0. The first-order valence-corrected chi connectivity index (χ1v) is 4.81. The number of carbonyl (C=O) groups excluding carboxylic acids is 1. The van der Waals surface area contributed by atoms with Crippen molar-refractivity contribution in [2.45, 2.75) is 52.5 Å². The third-order valence-electron chi connectivity index (χ3n) is 2.46. The molecule has 12 heavy (non-hydrogen) atoms. The molecule has 0 unspecified atom stereocenters. The molecule has 0 aromatic carbocycles. The Kier molecular flexibility index (Phi) is 4.29. The minimum absolute atomic E-state index is 0.0926. The van der Waals surface area contributed by atoms with Crippen molar-refractivity contribution in [2.24, 2.45) is 0 Å². The van der Waals surface area contributed by atoms with Crippen molar-refractivity contribution in [2.75, 3.05) is 7.05 Å². The highest BCUT2D eigenvalue weighted by Crippen LogP contribution is 2.25. The van der Waals surface area contributed by atoms with E-state index in [2.05, 4.69) is 13.8 Å². The largest absolute Gasteiger partial charge is 0.341 e. The first-order valence-electron chi connectivity index (χ1n) is 4.81. The number of nitrogens with zero attached hydrogens (tertiary/aromatic N) is 1. The van der Waals surface area contributed by atoms with Crippen LogP contribution < -0.4 is 0 Å². The smallest absolute Gasteiger partial charge is 0.222 e. The number of carbonyl (C=O) groups is 1. The van der Waals surface area contributed by atoms with Gasteiger partial charge in [-0.25, -0.2) is 0 Å². The Morgan fingerprint density at radius 1 is 1.33 bits per heavy atom. The molecule has 2 nitrogen and oxygen atoms in total. The first-order chi connectivity index (χ1) is 5.54. The molecule has 72 valence electrons. The zero-order chi connectivity index (χ0) is 9.78. The van der Waals surface area contributed by atoms with Crippen LogP contribution in [0.25, 0.3) is 0 Å². The van der Waals surface area contributed by atoms with E-state index in [1.807, 2.05) is 25.8 Å². The van der Waals surface area contributed by atoms with E-state index in [4.69, 9.17) is 0 Å². The van der Waals surface area contributed by atoms with Crippen LogP contribution in [0, 0.1) is 0 Å². The normalized spacial score (nSPS) is 21.4. The van der Waals surface area contributed by atoms with Crippen LogP contribution in [0.2, 0.25) is 0 Å². The molecule has 1 rings (SSSR count). The molecule has 1 aliphatic rings. The van der Waals surface area contributed by atoms with Crippen LogP contribution in [0.3, 0.4) is 0 Å². The lowest BCUT2D eigenvalue weighted by molar-refractivity contribution is -0.138. The van der Waals surface area contributed by atoms with Crippen molar-refractivity contribution in [1.82, 2.24) is 4.90 Å². The molecule has 0 spiro atoms. The van der Waals surface area contributed by atoms with Gasteiger partial charge in [-0.1, -0.05) is 13.8 Å². The van der Waals surface area contributed by atoms with E-state index >= 15 is 0 Å². The van der Waals surface area contributed by atoms with Crippen LogP contribution in [-0.4, -0.2) is 23.4 Å². The van der Waals surface area contributed by atoms with Gasteiger partial charge in [0.25, 0.3) is 0 Å². The van der Waals surface area contributed by atoms with Gasteiger partial charge in [0.15, 0.2) is 0 Å². The van der Waals surface area contributed by atoms with Crippen LogP contribution in [-0.2, 0) is 4.79 Å². The van der Waals surface area contributed by atoms with Gasteiger partial charge in [-0.3, -0.25) is 4.79 Å². The Morgan fingerprint density at radius 2 is 1.83 bits per heavy atom. The molecule has 2 heteroatoms. The lowest BCUT2D eigenvalue weighted by Crippen LogP contribution is -2.47. The van der Waals surface area contributed by atoms with Crippen molar-refractivity contribution in [3.8, 4) is 0 Å². The van der Waals surface area contributed by atoms with Gasteiger partial charge in [0.1, 0.15) is 0 Å². The summed E-state index contributed by atoms with van der Waals surface area (Å²) in [5.74, 6) is 0.288. The summed E-state index contributed by atoms with van der Waals surface area (Å²) in [5, 5.41) is 0. The lowest BCUT2D eigenvalue weighted by atomic mass is 9.91. The molecule has 0 bridgehead atoms. The van der Waals surface area contributed by atoms with Crippen molar-refractivity contribution in [1.29, 1.82) is 0 Å². The van der Waals surface area contributed by atoms with Gasteiger partial charge in [-0.05, 0) is 26.7 Å². The molecule has 0 atom stereocenters. The molecule has 1 aliphatic heterocycles. The Labute approximate surface area is 75.9 Å². The van der Waals surface area contributed by atoms with Gasteiger partial charge in [0.05, 0.1) is 0 Å². The van der Waals surface area contributed by atoms with Gasteiger partial charge in [0.2, 0.25) is 5.91 Å². The third-order valence-corrected chi connectivity index (χ3v) is 2.46. The average Bonchev–Trinajstić information content (AvgIpc) is 2.04. The predicted octanol–water partition coefficient (Wildman–Crippen LogP) is 2.43. The monoisotopic (exact) mass is 171 g/mol. The minimum Gasteiger partial charge on any atom is -0.341 e. The maximum Gasteiger partial charge on any atom is 0.222 e. The quantitative estimate of drug-likeness (QED) is 0.548. The second-order valence-electron chi connectivity index (χ2n) is 3.62. The van der Waals surface area contributed by atoms with Gasteiger partial charge in [0, 0.05) is 19.0 Å². The fraction of sp³-hybridized carbons (Fsp3) is 0.900. The summed E-state index contributed by atoms with van der Waals surface area (Å²) in [7, 11) is 1.89. The summed E-state index contributed by atoms with van der Waals surface area (Å²) in [6, 6.07) is 0. The number of likely N-dealkylation sites (tertiary alicyclic amines) is 1.